The monoisotopic (exact) mass is 229 g/mol. The summed E-state index contributed by atoms with van der Waals surface area (Å²) in [7, 11) is 0. The largest absolute Gasteiger partial charge is 0.393 e. The number of rotatable bonds is 5. The fourth-order valence-corrected chi connectivity index (χ4v) is 2.21. The van der Waals surface area contributed by atoms with Crippen LogP contribution in [0, 0.1) is 0 Å². The zero-order valence-electron chi connectivity index (χ0n) is 10.3. The molecule has 0 amide bonds. The second kappa shape index (κ2) is 5.78. The Balaban J connectivity index is 2.13. The molecule has 0 saturated carbocycles. The summed E-state index contributed by atoms with van der Waals surface area (Å²) in [6.45, 7) is 2.10. The van der Waals surface area contributed by atoms with Gasteiger partial charge < -0.3 is 5.11 Å². The fourth-order valence-electron chi connectivity index (χ4n) is 2.21. The second-order valence-corrected chi connectivity index (χ2v) is 4.50. The van der Waals surface area contributed by atoms with E-state index in [1.54, 1.807) is 0 Å². The van der Waals surface area contributed by atoms with Crippen molar-refractivity contribution in [3.05, 3.63) is 42.2 Å². The number of nitrogens with zero attached hydrogens (tertiary/aromatic N) is 1. The van der Waals surface area contributed by atoms with Crippen molar-refractivity contribution in [1.29, 1.82) is 0 Å². The average molecular weight is 229 g/mol. The van der Waals surface area contributed by atoms with Gasteiger partial charge in [0.25, 0.3) is 0 Å². The highest BCUT2D eigenvalue weighted by atomic mass is 16.3. The van der Waals surface area contributed by atoms with Crippen molar-refractivity contribution >= 4 is 10.8 Å². The minimum Gasteiger partial charge on any atom is -0.393 e. The third kappa shape index (κ3) is 3.04. The Morgan fingerprint density at radius 2 is 2.12 bits per heavy atom. The molecule has 1 unspecified atom stereocenters. The molecule has 2 nitrogen and oxygen atoms in total. The van der Waals surface area contributed by atoms with Gasteiger partial charge in [0.1, 0.15) is 0 Å². The van der Waals surface area contributed by atoms with E-state index >= 15 is 0 Å². The van der Waals surface area contributed by atoms with Crippen molar-refractivity contribution in [3.8, 4) is 0 Å². The van der Waals surface area contributed by atoms with Gasteiger partial charge in [-0.2, -0.15) is 0 Å². The van der Waals surface area contributed by atoms with Crippen LogP contribution in [0.2, 0.25) is 0 Å². The summed E-state index contributed by atoms with van der Waals surface area (Å²) in [5.41, 5.74) is 1.31. The Labute approximate surface area is 102 Å². The molecule has 1 heterocycles. The highest BCUT2D eigenvalue weighted by molar-refractivity contribution is 5.84. The molecular weight excluding hydrogens is 210 g/mol. The van der Waals surface area contributed by atoms with Crippen molar-refractivity contribution in [2.24, 2.45) is 0 Å². The molecule has 1 aromatic heterocycles. The fraction of sp³-hybridized carbons (Fsp3) is 0.400. The predicted octanol–water partition coefficient (Wildman–Crippen LogP) is 3.33. The summed E-state index contributed by atoms with van der Waals surface area (Å²) in [6, 6.07) is 8.33. The molecule has 0 aliphatic rings. The molecule has 90 valence electrons. The third-order valence-electron chi connectivity index (χ3n) is 3.14. The molecule has 1 N–H and O–H groups in total. The first-order chi connectivity index (χ1) is 8.31. The van der Waals surface area contributed by atoms with Gasteiger partial charge in [-0.15, -0.1) is 0 Å². The number of pyridine rings is 1. The molecule has 0 aliphatic heterocycles. The van der Waals surface area contributed by atoms with E-state index in [1.807, 2.05) is 12.4 Å². The maximum Gasteiger partial charge on any atom is 0.0543 e. The number of benzene rings is 1. The van der Waals surface area contributed by atoms with E-state index in [1.165, 1.54) is 16.3 Å². The van der Waals surface area contributed by atoms with E-state index in [0.29, 0.717) is 0 Å². The molecule has 0 fully saturated rings. The van der Waals surface area contributed by atoms with E-state index in [4.69, 9.17) is 0 Å². The van der Waals surface area contributed by atoms with Gasteiger partial charge >= 0.3 is 0 Å². The van der Waals surface area contributed by atoms with Gasteiger partial charge in [-0.05, 0) is 36.3 Å². The quantitative estimate of drug-likeness (QED) is 0.853. The lowest BCUT2D eigenvalue weighted by Gasteiger charge is -2.10. The number of fused-ring (bicyclic) bond motifs is 1. The summed E-state index contributed by atoms with van der Waals surface area (Å²) in [4.78, 5) is 4.13. The van der Waals surface area contributed by atoms with Crippen LogP contribution < -0.4 is 0 Å². The highest BCUT2D eigenvalue weighted by Gasteiger charge is 2.05. The Kier molecular flexibility index (Phi) is 4.10. The first-order valence-corrected chi connectivity index (χ1v) is 6.31. The van der Waals surface area contributed by atoms with Crippen molar-refractivity contribution in [2.75, 3.05) is 0 Å². The van der Waals surface area contributed by atoms with Gasteiger partial charge in [0, 0.05) is 17.8 Å². The predicted molar refractivity (Wildman–Crippen MR) is 71.0 cm³/mol. The summed E-state index contributed by atoms with van der Waals surface area (Å²) in [5, 5.41) is 12.2. The molecule has 2 rings (SSSR count). The molecule has 2 aromatic rings. The van der Waals surface area contributed by atoms with Crippen LogP contribution in [-0.2, 0) is 6.42 Å². The Morgan fingerprint density at radius 1 is 1.24 bits per heavy atom. The van der Waals surface area contributed by atoms with Gasteiger partial charge in [-0.3, -0.25) is 4.98 Å². The lowest BCUT2D eigenvalue weighted by Crippen LogP contribution is -2.07. The van der Waals surface area contributed by atoms with E-state index in [-0.39, 0.29) is 6.10 Å². The topological polar surface area (TPSA) is 33.1 Å². The standard InChI is InChI=1S/C15H19NO/c1-2-4-14(17)8-7-12-5-3-6-13-11-16-10-9-15(12)13/h3,5-6,9-11,14,17H,2,4,7-8H2,1H3. The highest BCUT2D eigenvalue weighted by Crippen LogP contribution is 2.19. The Bertz CT molecular complexity index is 476. The Morgan fingerprint density at radius 3 is 2.94 bits per heavy atom. The van der Waals surface area contributed by atoms with Crippen LogP contribution in [-0.4, -0.2) is 16.2 Å². The van der Waals surface area contributed by atoms with Gasteiger partial charge in [-0.1, -0.05) is 31.5 Å². The van der Waals surface area contributed by atoms with Crippen molar-refractivity contribution < 1.29 is 5.11 Å². The van der Waals surface area contributed by atoms with Gasteiger partial charge in [0.05, 0.1) is 6.10 Å². The van der Waals surface area contributed by atoms with Gasteiger partial charge in [0.15, 0.2) is 0 Å². The normalized spacial score (nSPS) is 12.8. The minimum atomic E-state index is -0.169. The maximum absolute atomic E-state index is 9.77. The molecule has 1 aromatic carbocycles. The van der Waals surface area contributed by atoms with Crippen molar-refractivity contribution in [2.45, 2.75) is 38.7 Å². The zero-order valence-corrected chi connectivity index (χ0v) is 10.3. The van der Waals surface area contributed by atoms with Crippen LogP contribution in [0.3, 0.4) is 0 Å². The molecule has 2 heteroatoms. The summed E-state index contributed by atoms with van der Waals surface area (Å²) < 4.78 is 0. The molecule has 1 atom stereocenters. The van der Waals surface area contributed by atoms with Crippen molar-refractivity contribution in [3.63, 3.8) is 0 Å². The molecule has 17 heavy (non-hydrogen) atoms. The second-order valence-electron chi connectivity index (χ2n) is 4.50. The molecule has 0 radical (unpaired) electrons. The van der Waals surface area contributed by atoms with Crippen LogP contribution in [0.15, 0.2) is 36.7 Å². The molecule has 0 aliphatic carbocycles. The minimum absolute atomic E-state index is 0.169. The van der Waals surface area contributed by atoms with E-state index in [0.717, 1.165) is 25.7 Å². The van der Waals surface area contributed by atoms with Gasteiger partial charge in [-0.25, -0.2) is 0 Å². The smallest absolute Gasteiger partial charge is 0.0543 e. The van der Waals surface area contributed by atoms with Crippen LogP contribution in [0.25, 0.3) is 10.8 Å². The maximum atomic E-state index is 9.77. The number of aromatic nitrogens is 1. The van der Waals surface area contributed by atoms with Crippen LogP contribution in [0.4, 0.5) is 0 Å². The van der Waals surface area contributed by atoms with Crippen LogP contribution in [0.5, 0.6) is 0 Å². The molecule has 0 saturated heterocycles. The number of aliphatic hydroxyl groups excluding tert-OH is 1. The summed E-state index contributed by atoms with van der Waals surface area (Å²) in [6.07, 6.45) is 7.26. The zero-order chi connectivity index (χ0) is 12.1. The van der Waals surface area contributed by atoms with E-state index in [2.05, 4.69) is 36.2 Å². The van der Waals surface area contributed by atoms with E-state index in [9.17, 15) is 5.11 Å². The van der Waals surface area contributed by atoms with Crippen LogP contribution >= 0.6 is 0 Å². The summed E-state index contributed by atoms with van der Waals surface area (Å²) >= 11 is 0. The van der Waals surface area contributed by atoms with E-state index < -0.39 is 0 Å². The lowest BCUT2D eigenvalue weighted by atomic mass is 9.99. The molecule has 0 spiro atoms. The Hall–Kier alpha value is -1.41. The first-order valence-electron chi connectivity index (χ1n) is 6.31. The SMILES string of the molecule is CCCC(O)CCc1cccc2cnccc12. The van der Waals surface area contributed by atoms with Crippen LogP contribution in [0.1, 0.15) is 31.7 Å². The molecular formula is C15H19NO. The number of hydrogen-bond acceptors (Lipinski definition) is 2. The molecule has 0 bridgehead atoms. The van der Waals surface area contributed by atoms with Crippen molar-refractivity contribution in [1.82, 2.24) is 4.98 Å². The lowest BCUT2D eigenvalue weighted by molar-refractivity contribution is 0.154. The number of aryl methyl sites for hydroxylation is 1. The first kappa shape index (κ1) is 12.1. The average Bonchev–Trinajstić information content (AvgIpc) is 2.36. The third-order valence-corrected chi connectivity index (χ3v) is 3.14. The number of aliphatic hydroxyl groups is 1. The summed E-state index contributed by atoms with van der Waals surface area (Å²) in [5.74, 6) is 0. The van der Waals surface area contributed by atoms with Gasteiger partial charge in [0.2, 0.25) is 0 Å². The number of hydrogen-bond donors (Lipinski definition) is 1.